The van der Waals surface area contributed by atoms with Crippen molar-refractivity contribution >= 4 is 28.5 Å². The number of carbonyl (C=O) groups is 2. The Labute approximate surface area is 60.1 Å². The fraction of sp³-hybridized carbons (Fsp3) is 0.500. The van der Waals surface area contributed by atoms with Crippen molar-refractivity contribution in [2.75, 3.05) is 0 Å². The standard InChI is InChI=1S/C4H5GeO4/c5-1-2(3(6)7)4(8)9/h2H,1H2,(H,6,7)(H,8,9). The summed E-state index contributed by atoms with van der Waals surface area (Å²) in [5.41, 5.74) is 0. The molecule has 0 spiro atoms. The summed E-state index contributed by atoms with van der Waals surface area (Å²) in [6.07, 6.45) is 0. The fourth-order valence-corrected chi connectivity index (χ4v) is 1.01. The monoisotopic (exact) mass is 191 g/mol. The van der Waals surface area contributed by atoms with Gasteiger partial charge in [-0.2, -0.15) is 0 Å². The number of carboxylic acids is 2. The first kappa shape index (κ1) is 8.48. The first-order chi connectivity index (χ1) is 4.09. The molecule has 0 unspecified atom stereocenters. The van der Waals surface area contributed by atoms with Crippen LogP contribution in [0.1, 0.15) is 0 Å². The van der Waals surface area contributed by atoms with Crippen molar-refractivity contribution in [2.24, 2.45) is 5.92 Å². The quantitative estimate of drug-likeness (QED) is 0.458. The Kier molecular flexibility index (Phi) is 3.30. The Hall–Kier alpha value is -0.517. The third-order valence-electron chi connectivity index (χ3n) is 0.800. The number of carboxylic acid groups (broad SMARTS) is 2. The average molecular weight is 190 g/mol. The van der Waals surface area contributed by atoms with Crippen LogP contribution in [0.4, 0.5) is 0 Å². The number of hydrogen-bond acceptors (Lipinski definition) is 2. The normalized spacial score (nSPS) is 9.56. The van der Waals surface area contributed by atoms with Gasteiger partial charge in [-0.1, -0.05) is 0 Å². The van der Waals surface area contributed by atoms with Gasteiger partial charge in [0.15, 0.2) is 0 Å². The molecular formula is C4H5GeO4. The first-order valence-electron chi connectivity index (χ1n) is 2.19. The van der Waals surface area contributed by atoms with E-state index in [9.17, 15) is 9.59 Å². The van der Waals surface area contributed by atoms with E-state index in [0.717, 1.165) is 0 Å². The van der Waals surface area contributed by atoms with E-state index in [-0.39, 0.29) is 5.25 Å². The second kappa shape index (κ2) is 3.50. The van der Waals surface area contributed by atoms with Gasteiger partial charge >= 0.3 is 59.4 Å². The number of hydrogen-bond donors (Lipinski definition) is 2. The molecule has 0 saturated heterocycles. The topological polar surface area (TPSA) is 74.6 Å². The van der Waals surface area contributed by atoms with Crippen LogP contribution in [-0.2, 0) is 9.59 Å². The molecule has 0 atom stereocenters. The molecule has 0 heterocycles. The Morgan fingerprint density at radius 3 is 1.67 bits per heavy atom. The van der Waals surface area contributed by atoms with Gasteiger partial charge in [-0.3, -0.25) is 0 Å². The van der Waals surface area contributed by atoms with Crippen LogP contribution >= 0.6 is 0 Å². The Balaban J connectivity index is 3.99. The molecule has 0 aliphatic rings. The Bertz CT molecular complexity index is 119. The number of aliphatic carboxylic acids is 2. The summed E-state index contributed by atoms with van der Waals surface area (Å²) in [6.45, 7) is 0. The first-order valence-corrected chi connectivity index (χ1v) is 3.68. The van der Waals surface area contributed by atoms with Crippen LogP contribution in [0.2, 0.25) is 5.25 Å². The van der Waals surface area contributed by atoms with Gasteiger partial charge in [-0.15, -0.1) is 0 Å². The SMILES string of the molecule is O=C(O)C([CH2][Ge])C(=O)O. The third kappa shape index (κ3) is 2.50. The second-order valence-electron chi connectivity index (χ2n) is 1.43. The van der Waals surface area contributed by atoms with Crippen molar-refractivity contribution in [2.45, 2.75) is 5.25 Å². The van der Waals surface area contributed by atoms with Gasteiger partial charge in [0.1, 0.15) is 0 Å². The average Bonchev–Trinajstić information content (AvgIpc) is 1.64. The van der Waals surface area contributed by atoms with Gasteiger partial charge in [0.25, 0.3) is 0 Å². The van der Waals surface area contributed by atoms with Crippen LogP contribution in [-0.4, -0.2) is 38.7 Å². The molecule has 0 bridgehead atoms. The van der Waals surface area contributed by atoms with Crippen LogP contribution in [0.25, 0.3) is 0 Å². The maximum atomic E-state index is 9.99. The molecule has 0 saturated carbocycles. The van der Waals surface area contributed by atoms with Crippen LogP contribution in [0, 0.1) is 5.92 Å². The minimum absolute atomic E-state index is 0.130. The zero-order valence-electron chi connectivity index (χ0n) is 4.50. The van der Waals surface area contributed by atoms with E-state index in [4.69, 9.17) is 10.2 Å². The molecule has 2 N–H and O–H groups in total. The van der Waals surface area contributed by atoms with Gasteiger partial charge in [-0.25, -0.2) is 0 Å². The fourth-order valence-electron chi connectivity index (χ4n) is 0.280. The Morgan fingerprint density at radius 2 is 1.67 bits per heavy atom. The van der Waals surface area contributed by atoms with Gasteiger partial charge < -0.3 is 0 Å². The van der Waals surface area contributed by atoms with E-state index in [1.54, 1.807) is 0 Å². The van der Waals surface area contributed by atoms with Crippen molar-refractivity contribution in [1.82, 2.24) is 0 Å². The summed E-state index contributed by atoms with van der Waals surface area (Å²) in [7, 11) is 0. The molecule has 0 rings (SSSR count). The summed E-state index contributed by atoms with van der Waals surface area (Å²) >= 11 is 1.52. The van der Waals surface area contributed by atoms with Crippen LogP contribution in [0.5, 0.6) is 0 Å². The molecular weight excluding hydrogens is 185 g/mol. The van der Waals surface area contributed by atoms with E-state index in [1.165, 1.54) is 16.5 Å². The zero-order chi connectivity index (χ0) is 7.44. The van der Waals surface area contributed by atoms with Crippen molar-refractivity contribution in [3.05, 3.63) is 0 Å². The molecule has 0 aromatic carbocycles. The predicted octanol–water partition coefficient (Wildman–Crippen LogP) is -0.641. The van der Waals surface area contributed by atoms with Gasteiger partial charge in [0, 0.05) is 0 Å². The maximum absolute atomic E-state index is 9.99. The van der Waals surface area contributed by atoms with E-state index in [2.05, 4.69) is 0 Å². The molecule has 3 radical (unpaired) electrons. The van der Waals surface area contributed by atoms with Gasteiger partial charge in [0.05, 0.1) is 0 Å². The van der Waals surface area contributed by atoms with Crippen LogP contribution < -0.4 is 0 Å². The molecule has 0 amide bonds. The van der Waals surface area contributed by atoms with Crippen LogP contribution in [0.3, 0.4) is 0 Å². The predicted molar refractivity (Wildman–Crippen MR) is 29.3 cm³/mol. The molecule has 0 fully saturated rings. The van der Waals surface area contributed by atoms with Crippen LogP contribution in [0.15, 0.2) is 0 Å². The Morgan fingerprint density at radius 1 is 1.33 bits per heavy atom. The summed E-state index contributed by atoms with van der Waals surface area (Å²) in [4.78, 5) is 20.0. The molecule has 4 nitrogen and oxygen atoms in total. The second-order valence-corrected chi connectivity index (χ2v) is 2.29. The molecule has 0 aliphatic carbocycles. The molecule has 9 heavy (non-hydrogen) atoms. The molecule has 5 heteroatoms. The van der Waals surface area contributed by atoms with Crippen molar-refractivity contribution in [1.29, 1.82) is 0 Å². The van der Waals surface area contributed by atoms with Crippen molar-refractivity contribution in [3.8, 4) is 0 Å². The number of rotatable bonds is 3. The van der Waals surface area contributed by atoms with Gasteiger partial charge in [-0.05, 0) is 0 Å². The van der Waals surface area contributed by atoms with E-state index < -0.39 is 17.9 Å². The molecule has 0 aromatic heterocycles. The van der Waals surface area contributed by atoms with E-state index >= 15 is 0 Å². The summed E-state index contributed by atoms with van der Waals surface area (Å²) in [6, 6.07) is 0. The van der Waals surface area contributed by atoms with Crippen molar-refractivity contribution < 1.29 is 19.8 Å². The van der Waals surface area contributed by atoms with Crippen molar-refractivity contribution in [3.63, 3.8) is 0 Å². The molecule has 0 aliphatic heterocycles. The van der Waals surface area contributed by atoms with Gasteiger partial charge in [0.2, 0.25) is 0 Å². The summed E-state index contributed by atoms with van der Waals surface area (Å²) in [5, 5.41) is 16.5. The van der Waals surface area contributed by atoms with E-state index in [0.29, 0.717) is 0 Å². The molecule has 49 valence electrons. The minimum atomic E-state index is -1.27. The molecule has 0 aromatic rings. The summed E-state index contributed by atoms with van der Waals surface area (Å²) in [5.74, 6) is -3.79. The zero-order valence-corrected chi connectivity index (χ0v) is 6.59. The summed E-state index contributed by atoms with van der Waals surface area (Å²) < 4.78 is 0. The van der Waals surface area contributed by atoms with E-state index in [1.807, 2.05) is 0 Å². The third-order valence-corrected chi connectivity index (χ3v) is 1.66.